The predicted molar refractivity (Wildman–Crippen MR) is 84.6 cm³/mol. The van der Waals surface area contributed by atoms with Crippen LogP contribution in [-0.4, -0.2) is 25.5 Å². The first kappa shape index (κ1) is 15.9. The highest BCUT2D eigenvalue weighted by atomic mass is 32.2. The van der Waals surface area contributed by atoms with E-state index < -0.39 is 15.6 Å². The minimum absolute atomic E-state index is 0.251. The van der Waals surface area contributed by atoms with E-state index >= 15 is 0 Å². The molecule has 0 aliphatic rings. The molecule has 0 atom stereocenters. The predicted octanol–water partition coefficient (Wildman–Crippen LogP) is 1.95. The highest BCUT2D eigenvalue weighted by Gasteiger charge is 2.27. The SMILES string of the molecule is Cc1ccc(S(=O)(=O)NC(C)(C)CCN)c2cccnc12. The number of sulfonamides is 1. The first-order chi connectivity index (χ1) is 9.77. The smallest absolute Gasteiger partial charge is 0.241 e. The molecule has 1 heterocycles. The van der Waals surface area contributed by atoms with Crippen LogP contribution in [0.15, 0.2) is 35.4 Å². The molecule has 114 valence electrons. The average molecular weight is 307 g/mol. The van der Waals surface area contributed by atoms with E-state index in [2.05, 4.69) is 9.71 Å². The lowest BCUT2D eigenvalue weighted by Crippen LogP contribution is -2.44. The summed E-state index contributed by atoms with van der Waals surface area (Å²) in [6.07, 6.45) is 2.23. The van der Waals surface area contributed by atoms with Crippen LogP contribution in [0, 0.1) is 6.92 Å². The quantitative estimate of drug-likeness (QED) is 0.884. The van der Waals surface area contributed by atoms with Gasteiger partial charge in [0.25, 0.3) is 0 Å². The molecule has 2 rings (SSSR count). The zero-order chi connectivity index (χ0) is 15.7. The molecule has 6 heteroatoms. The van der Waals surface area contributed by atoms with Crippen LogP contribution in [0.25, 0.3) is 10.9 Å². The summed E-state index contributed by atoms with van der Waals surface area (Å²) in [5.74, 6) is 0. The van der Waals surface area contributed by atoms with Gasteiger partial charge in [-0.05, 0) is 57.5 Å². The van der Waals surface area contributed by atoms with E-state index in [1.165, 1.54) is 0 Å². The van der Waals surface area contributed by atoms with Crippen LogP contribution in [0.5, 0.6) is 0 Å². The number of pyridine rings is 1. The van der Waals surface area contributed by atoms with Crippen molar-refractivity contribution in [3.05, 3.63) is 36.0 Å². The van der Waals surface area contributed by atoms with Gasteiger partial charge in [0.2, 0.25) is 10.0 Å². The maximum absolute atomic E-state index is 12.7. The Balaban J connectivity index is 2.54. The lowest BCUT2D eigenvalue weighted by atomic mass is 10.0. The second kappa shape index (κ2) is 5.71. The number of nitrogens with one attached hydrogen (secondary N) is 1. The van der Waals surface area contributed by atoms with Gasteiger partial charge in [0.15, 0.2) is 0 Å². The Hall–Kier alpha value is -1.50. The second-order valence-electron chi connectivity index (χ2n) is 5.81. The Kier molecular flexibility index (Phi) is 4.32. The summed E-state index contributed by atoms with van der Waals surface area (Å²) in [5.41, 5.74) is 6.60. The van der Waals surface area contributed by atoms with Crippen molar-refractivity contribution in [1.82, 2.24) is 9.71 Å². The molecule has 0 amide bonds. The van der Waals surface area contributed by atoms with Crippen LogP contribution in [0.1, 0.15) is 25.8 Å². The van der Waals surface area contributed by atoms with Crippen LogP contribution in [0.4, 0.5) is 0 Å². The molecule has 0 fully saturated rings. The van der Waals surface area contributed by atoms with Crippen LogP contribution in [0.2, 0.25) is 0 Å². The molecule has 0 aliphatic carbocycles. The molecule has 0 aliphatic heterocycles. The van der Waals surface area contributed by atoms with Crippen molar-refractivity contribution >= 4 is 20.9 Å². The molecule has 1 aromatic heterocycles. The van der Waals surface area contributed by atoms with Gasteiger partial charge in [0.05, 0.1) is 10.4 Å². The number of hydrogen-bond acceptors (Lipinski definition) is 4. The number of aryl methyl sites for hydroxylation is 1. The normalized spacial score (nSPS) is 12.8. The molecule has 21 heavy (non-hydrogen) atoms. The monoisotopic (exact) mass is 307 g/mol. The van der Waals surface area contributed by atoms with E-state index in [0.717, 1.165) is 5.56 Å². The lowest BCUT2D eigenvalue weighted by molar-refractivity contribution is 0.428. The molecular weight excluding hydrogens is 286 g/mol. The number of benzene rings is 1. The molecule has 0 spiro atoms. The fourth-order valence-corrected chi connectivity index (χ4v) is 3.99. The standard InChI is InChI=1S/C15H21N3O2S/c1-11-6-7-13(12-5-4-10-17-14(11)12)21(19,20)18-15(2,3)8-9-16/h4-7,10,18H,8-9,16H2,1-3H3. The van der Waals surface area contributed by atoms with Gasteiger partial charge in [0, 0.05) is 17.1 Å². The molecule has 0 radical (unpaired) electrons. The van der Waals surface area contributed by atoms with Crippen molar-refractivity contribution < 1.29 is 8.42 Å². The average Bonchev–Trinajstić information content (AvgIpc) is 2.37. The summed E-state index contributed by atoms with van der Waals surface area (Å²) in [5, 5.41) is 0.633. The van der Waals surface area contributed by atoms with E-state index in [-0.39, 0.29) is 4.90 Å². The molecular formula is C15H21N3O2S. The largest absolute Gasteiger partial charge is 0.330 e. The first-order valence-electron chi connectivity index (χ1n) is 6.85. The molecule has 2 aromatic rings. The fraction of sp³-hybridized carbons (Fsp3) is 0.400. The van der Waals surface area contributed by atoms with Gasteiger partial charge in [-0.15, -0.1) is 0 Å². The summed E-state index contributed by atoms with van der Waals surface area (Å²) in [7, 11) is -3.63. The topological polar surface area (TPSA) is 85.1 Å². The highest BCUT2D eigenvalue weighted by molar-refractivity contribution is 7.89. The summed E-state index contributed by atoms with van der Waals surface area (Å²) < 4.78 is 28.1. The summed E-state index contributed by atoms with van der Waals surface area (Å²) in [4.78, 5) is 4.53. The maximum Gasteiger partial charge on any atom is 0.241 e. The minimum Gasteiger partial charge on any atom is -0.330 e. The molecule has 1 aromatic carbocycles. The van der Waals surface area contributed by atoms with Crippen LogP contribution in [-0.2, 0) is 10.0 Å². The number of rotatable bonds is 5. The lowest BCUT2D eigenvalue weighted by Gasteiger charge is -2.25. The van der Waals surface area contributed by atoms with Crippen molar-refractivity contribution in [3.8, 4) is 0 Å². The Morgan fingerprint density at radius 3 is 2.67 bits per heavy atom. The Bertz CT molecular complexity index is 755. The molecule has 3 N–H and O–H groups in total. The van der Waals surface area contributed by atoms with Gasteiger partial charge in [-0.1, -0.05) is 6.07 Å². The Labute approximate surface area is 125 Å². The third kappa shape index (κ3) is 3.40. The number of nitrogens with zero attached hydrogens (tertiary/aromatic N) is 1. The summed E-state index contributed by atoms with van der Waals surface area (Å²) >= 11 is 0. The zero-order valence-corrected chi connectivity index (χ0v) is 13.4. The van der Waals surface area contributed by atoms with Crippen molar-refractivity contribution in [1.29, 1.82) is 0 Å². The van der Waals surface area contributed by atoms with E-state index in [9.17, 15) is 8.42 Å². The Morgan fingerprint density at radius 1 is 1.29 bits per heavy atom. The van der Waals surface area contributed by atoms with Gasteiger partial charge in [0.1, 0.15) is 0 Å². The summed E-state index contributed by atoms with van der Waals surface area (Å²) in [6, 6.07) is 6.92. The van der Waals surface area contributed by atoms with Crippen LogP contribution >= 0.6 is 0 Å². The summed E-state index contributed by atoms with van der Waals surface area (Å²) in [6.45, 7) is 5.99. The van der Waals surface area contributed by atoms with Gasteiger partial charge in [-0.3, -0.25) is 4.98 Å². The maximum atomic E-state index is 12.7. The molecule has 0 unspecified atom stereocenters. The van der Waals surface area contributed by atoms with Crippen molar-refractivity contribution in [2.75, 3.05) is 6.54 Å². The number of nitrogens with two attached hydrogens (primary N) is 1. The van der Waals surface area contributed by atoms with Crippen molar-refractivity contribution in [2.24, 2.45) is 5.73 Å². The van der Waals surface area contributed by atoms with Gasteiger partial charge < -0.3 is 5.73 Å². The van der Waals surface area contributed by atoms with E-state index in [1.807, 2.05) is 20.8 Å². The number of fused-ring (bicyclic) bond motifs is 1. The molecule has 0 saturated heterocycles. The van der Waals surface area contributed by atoms with Gasteiger partial charge in [-0.2, -0.15) is 0 Å². The minimum atomic E-state index is -3.63. The van der Waals surface area contributed by atoms with Gasteiger partial charge >= 0.3 is 0 Å². The second-order valence-corrected chi connectivity index (χ2v) is 7.46. The van der Waals surface area contributed by atoms with E-state index in [1.54, 1.807) is 30.5 Å². The number of hydrogen-bond donors (Lipinski definition) is 2. The fourth-order valence-electron chi connectivity index (χ4n) is 2.35. The van der Waals surface area contributed by atoms with Crippen molar-refractivity contribution in [3.63, 3.8) is 0 Å². The van der Waals surface area contributed by atoms with E-state index in [4.69, 9.17) is 5.73 Å². The first-order valence-corrected chi connectivity index (χ1v) is 8.33. The van der Waals surface area contributed by atoms with E-state index in [0.29, 0.717) is 23.9 Å². The third-order valence-electron chi connectivity index (χ3n) is 3.40. The molecule has 5 nitrogen and oxygen atoms in total. The highest BCUT2D eigenvalue weighted by Crippen LogP contribution is 2.25. The number of aromatic nitrogens is 1. The third-order valence-corrected chi connectivity index (χ3v) is 5.16. The van der Waals surface area contributed by atoms with Crippen LogP contribution in [0.3, 0.4) is 0 Å². The zero-order valence-electron chi connectivity index (χ0n) is 12.6. The molecule has 0 bridgehead atoms. The molecule has 0 saturated carbocycles. The van der Waals surface area contributed by atoms with Gasteiger partial charge in [-0.25, -0.2) is 13.1 Å². The van der Waals surface area contributed by atoms with Crippen LogP contribution < -0.4 is 10.5 Å². The Morgan fingerprint density at radius 2 is 2.00 bits per heavy atom. The van der Waals surface area contributed by atoms with Crippen molar-refractivity contribution in [2.45, 2.75) is 37.6 Å².